The highest BCUT2D eigenvalue weighted by molar-refractivity contribution is 7.16. The third-order valence-corrected chi connectivity index (χ3v) is 2.99. The Morgan fingerprint density at radius 2 is 2.11 bits per heavy atom. The van der Waals surface area contributed by atoms with Crippen molar-refractivity contribution < 1.29 is 24.2 Å². The number of hydrogen-bond donors (Lipinski definition) is 1. The van der Waals surface area contributed by atoms with Gasteiger partial charge in [0.1, 0.15) is 13.2 Å². The van der Waals surface area contributed by atoms with Crippen LogP contribution in [0.25, 0.3) is 6.08 Å². The molecule has 1 saturated heterocycles. The van der Waals surface area contributed by atoms with Crippen LogP contribution in [-0.2, 0) is 19.1 Å². The summed E-state index contributed by atoms with van der Waals surface area (Å²) < 4.78 is 4.78. The number of hydrogen-bond acceptors (Lipinski definition) is 6. The van der Waals surface area contributed by atoms with Crippen molar-refractivity contribution in [1.29, 1.82) is 0 Å². The van der Waals surface area contributed by atoms with Gasteiger partial charge >= 0.3 is 5.97 Å². The van der Waals surface area contributed by atoms with Crippen molar-refractivity contribution in [2.45, 2.75) is 0 Å². The minimum atomic E-state index is -1.08. The van der Waals surface area contributed by atoms with Crippen molar-refractivity contribution in [2.24, 2.45) is 0 Å². The van der Waals surface area contributed by atoms with Crippen LogP contribution in [0, 0.1) is 0 Å². The number of nitrogens with zero attached hydrogens (tertiary/aromatic N) is 2. The third kappa shape index (κ3) is 2.60. The van der Waals surface area contributed by atoms with Crippen LogP contribution in [0.1, 0.15) is 4.88 Å². The van der Waals surface area contributed by atoms with Gasteiger partial charge in [0.15, 0.2) is 5.13 Å². The molecule has 0 aliphatic carbocycles. The fourth-order valence-corrected chi connectivity index (χ4v) is 2.17. The zero-order valence-electron chi connectivity index (χ0n) is 9.03. The molecule has 1 fully saturated rings. The lowest BCUT2D eigenvalue weighted by Gasteiger charge is -2.21. The van der Waals surface area contributed by atoms with E-state index in [2.05, 4.69) is 4.98 Å². The second-order valence-electron chi connectivity index (χ2n) is 3.33. The van der Waals surface area contributed by atoms with Gasteiger partial charge in [-0.2, -0.15) is 0 Å². The number of aliphatic carboxylic acids is 1. The zero-order valence-corrected chi connectivity index (χ0v) is 9.85. The van der Waals surface area contributed by atoms with Crippen LogP contribution in [0.15, 0.2) is 12.3 Å². The highest BCUT2D eigenvalue weighted by Gasteiger charge is 2.30. The molecule has 1 aromatic rings. The number of thiazole rings is 1. The maximum atomic E-state index is 11.5. The quantitative estimate of drug-likeness (QED) is 0.618. The van der Waals surface area contributed by atoms with E-state index < -0.39 is 17.8 Å². The lowest BCUT2D eigenvalue weighted by atomic mass is 10.4. The van der Waals surface area contributed by atoms with Gasteiger partial charge in [-0.15, -0.1) is 0 Å². The Balaban J connectivity index is 2.21. The third-order valence-electron chi connectivity index (χ3n) is 2.04. The van der Waals surface area contributed by atoms with Crippen molar-refractivity contribution in [3.8, 4) is 0 Å². The summed E-state index contributed by atoms with van der Waals surface area (Å²) in [5.41, 5.74) is 0. The number of ether oxygens (including phenoxy) is 1. The molecule has 0 unspecified atom stereocenters. The second kappa shape index (κ2) is 5.07. The molecule has 94 valence electrons. The zero-order chi connectivity index (χ0) is 13.1. The summed E-state index contributed by atoms with van der Waals surface area (Å²) in [6.45, 7) is -0.322. The van der Waals surface area contributed by atoms with Crippen LogP contribution in [0.3, 0.4) is 0 Å². The average Bonchev–Trinajstić information content (AvgIpc) is 2.75. The maximum Gasteiger partial charge on any atom is 0.328 e. The summed E-state index contributed by atoms with van der Waals surface area (Å²) in [6.07, 6.45) is 3.70. The molecule has 18 heavy (non-hydrogen) atoms. The first kappa shape index (κ1) is 12.4. The number of amides is 2. The summed E-state index contributed by atoms with van der Waals surface area (Å²) in [5.74, 6) is -2.03. The summed E-state index contributed by atoms with van der Waals surface area (Å²) in [4.78, 5) is 38.8. The van der Waals surface area contributed by atoms with E-state index in [4.69, 9.17) is 9.84 Å². The topological polar surface area (TPSA) is 96.8 Å². The van der Waals surface area contributed by atoms with Gasteiger partial charge in [0, 0.05) is 17.2 Å². The lowest BCUT2D eigenvalue weighted by Crippen LogP contribution is -2.46. The Bertz CT molecular complexity index is 520. The van der Waals surface area contributed by atoms with Crippen LogP contribution in [-0.4, -0.2) is 41.1 Å². The molecular weight excluding hydrogens is 260 g/mol. The van der Waals surface area contributed by atoms with E-state index in [1.807, 2.05) is 0 Å². The number of carboxylic acid groups (broad SMARTS) is 1. The minimum absolute atomic E-state index is 0.161. The minimum Gasteiger partial charge on any atom is -0.478 e. The molecule has 2 rings (SSSR count). The molecule has 1 N–H and O–H groups in total. The van der Waals surface area contributed by atoms with Gasteiger partial charge in [-0.25, -0.2) is 14.7 Å². The Labute approximate surface area is 105 Å². The van der Waals surface area contributed by atoms with E-state index >= 15 is 0 Å². The Morgan fingerprint density at radius 3 is 2.72 bits per heavy atom. The van der Waals surface area contributed by atoms with E-state index in [0.717, 1.165) is 22.3 Å². The number of morpholine rings is 1. The predicted molar refractivity (Wildman–Crippen MR) is 62.1 cm³/mol. The highest BCUT2D eigenvalue weighted by atomic mass is 32.1. The standard InChI is InChI=1S/C10H8N2O5S/c13-7-4-17-5-8(14)12(7)10-11-3-6(18-10)1-2-9(15)16/h1-3H,4-5H2,(H,15,16). The summed E-state index contributed by atoms with van der Waals surface area (Å²) >= 11 is 1.06. The molecule has 0 aromatic carbocycles. The van der Waals surface area contributed by atoms with E-state index in [0.29, 0.717) is 4.88 Å². The van der Waals surface area contributed by atoms with Crippen LogP contribution in [0.5, 0.6) is 0 Å². The Morgan fingerprint density at radius 1 is 1.44 bits per heavy atom. The normalized spacial score (nSPS) is 16.6. The van der Waals surface area contributed by atoms with Crippen LogP contribution < -0.4 is 4.90 Å². The number of aromatic nitrogens is 1. The van der Waals surface area contributed by atoms with Crippen molar-refractivity contribution in [3.05, 3.63) is 17.2 Å². The molecule has 7 nitrogen and oxygen atoms in total. The van der Waals surface area contributed by atoms with Crippen molar-refractivity contribution in [1.82, 2.24) is 4.98 Å². The molecule has 2 amide bonds. The number of carbonyl (C=O) groups excluding carboxylic acids is 2. The molecule has 8 heteroatoms. The first-order valence-corrected chi connectivity index (χ1v) is 5.70. The SMILES string of the molecule is O=C(O)C=Cc1cnc(N2C(=O)COCC2=O)s1. The molecule has 0 bridgehead atoms. The molecule has 0 radical (unpaired) electrons. The first-order valence-electron chi connectivity index (χ1n) is 4.88. The predicted octanol–water partition coefficient (Wildman–Crippen LogP) is 0.131. The first-order chi connectivity index (χ1) is 8.58. The van der Waals surface area contributed by atoms with Crippen molar-refractivity contribution >= 4 is 40.3 Å². The van der Waals surface area contributed by atoms with Crippen LogP contribution in [0.4, 0.5) is 5.13 Å². The molecule has 0 atom stereocenters. The van der Waals surface area contributed by atoms with E-state index in [-0.39, 0.29) is 18.3 Å². The number of rotatable bonds is 3. The van der Waals surface area contributed by atoms with Gasteiger partial charge in [0.05, 0.1) is 0 Å². The summed E-state index contributed by atoms with van der Waals surface area (Å²) in [7, 11) is 0. The summed E-state index contributed by atoms with van der Waals surface area (Å²) in [5, 5.41) is 8.70. The maximum absolute atomic E-state index is 11.5. The molecule has 1 aliphatic rings. The van der Waals surface area contributed by atoms with Gasteiger partial charge in [-0.1, -0.05) is 11.3 Å². The largest absolute Gasteiger partial charge is 0.478 e. The van der Waals surface area contributed by atoms with Crippen LogP contribution >= 0.6 is 11.3 Å². The van der Waals surface area contributed by atoms with E-state index in [1.54, 1.807) is 0 Å². The Kier molecular flexibility index (Phi) is 3.49. The smallest absolute Gasteiger partial charge is 0.328 e. The van der Waals surface area contributed by atoms with E-state index in [9.17, 15) is 14.4 Å². The molecule has 0 spiro atoms. The molecule has 2 heterocycles. The number of anilines is 1. The van der Waals surface area contributed by atoms with Gasteiger partial charge in [-0.3, -0.25) is 9.59 Å². The average molecular weight is 268 g/mol. The second-order valence-corrected chi connectivity index (χ2v) is 4.37. The van der Waals surface area contributed by atoms with Crippen molar-refractivity contribution in [2.75, 3.05) is 18.1 Å². The number of carbonyl (C=O) groups is 3. The highest BCUT2D eigenvalue weighted by Crippen LogP contribution is 2.25. The van der Waals surface area contributed by atoms with E-state index in [1.165, 1.54) is 12.3 Å². The number of carboxylic acids is 1. The molecule has 1 aliphatic heterocycles. The van der Waals surface area contributed by atoms with Gasteiger partial charge < -0.3 is 9.84 Å². The lowest BCUT2D eigenvalue weighted by molar-refractivity contribution is -0.138. The van der Waals surface area contributed by atoms with Gasteiger partial charge in [0.2, 0.25) is 0 Å². The van der Waals surface area contributed by atoms with Gasteiger partial charge in [-0.05, 0) is 6.08 Å². The molecule has 0 saturated carbocycles. The van der Waals surface area contributed by atoms with Gasteiger partial charge in [0.25, 0.3) is 11.8 Å². The number of imide groups is 1. The van der Waals surface area contributed by atoms with Crippen LogP contribution in [0.2, 0.25) is 0 Å². The summed E-state index contributed by atoms with van der Waals surface area (Å²) in [6, 6.07) is 0. The fraction of sp³-hybridized carbons (Fsp3) is 0.200. The Hall–Kier alpha value is -2.06. The van der Waals surface area contributed by atoms with Crippen molar-refractivity contribution in [3.63, 3.8) is 0 Å². The monoisotopic (exact) mass is 268 g/mol. The fourth-order valence-electron chi connectivity index (χ4n) is 1.32. The molecule has 1 aromatic heterocycles. The molecular formula is C10H8N2O5S.